The molecule has 0 aliphatic heterocycles. The van der Waals surface area contributed by atoms with Crippen molar-refractivity contribution < 1.29 is 30.3 Å². The van der Waals surface area contributed by atoms with Crippen molar-refractivity contribution >= 4 is 5.97 Å². The number of carbonyl (C=O) groups is 1. The minimum absolute atomic E-state index is 0.815. The van der Waals surface area contributed by atoms with Crippen LogP contribution in [0.25, 0.3) is 0 Å². The highest BCUT2D eigenvalue weighted by Crippen LogP contribution is 2.13. The van der Waals surface area contributed by atoms with Gasteiger partial charge in [0.2, 0.25) is 0 Å². The topological polar surface area (TPSA) is 118 Å². The molecule has 5 N–H and O–H groups in total. The molecule has 0 saturated carbocycles. The highest BCUT2D eigenvalue weighted by Gasteiger charge is 2.42. The van der Waals surface area contributed by atoms with Crippen molar-refractivity contribution in [1.82, 2.24) is 0 Å². The van der Waals surface area contributed by atoms with E-state index in [1.54, 1.807) is 0 Å². The Morgan fingerprint density at radius 1 is 1.50 bits per heavy atom. The van der Waals surface area contributed by atoms with Gasteiger partial charge in [-0.05, 0) is 6.92 Å². The lowest BCUT2D eigenvalue weighted by Crippen LogP contribution is -2.53. The molecule has 0 spiro atoms. The first-order chi connectivity index (χ1) is 5.34. The molecule has 6 heteroatoms. The molecule has 0 aromatic rings. The number of carboxylic acid groups (broad SMARTS) is 1. The lowest BCUT2D eigenvalue weighted by atomic mass is 9.95. The summed E-state index contributed by atoms with van der Waals surface area (Å²) in [5.74, 6) is -1.66. The van der Waals surface area contributed by atoms with Gasteiger partial charge in [-0.15, -0.1) is 0 Å². The van der Waals surface area contributed by atoms with Crippen molar-refractivity contribution in [1.29, 1.82) is 0 Å². The first kappa shape index (κ1) is 11.3. The van der Waals surface area contributed by atoms with Crippen LogP contribution < -0.4 is 0 Å². The summed E-state index contributed by atoms with van der Waals surface area (Å²) in [6.07, 6.45) is -3.59. The molecule has 0 rings (SSSR count). The molecule has 0 bridgehead atoms. The molecule has 3 atom stereocenters. The van der Waals surface area contributed by atoms with E-state index in [1.165, 1.54) is 0 Å². The molecule has 6 nitrogen and oxygen atoms in total. The minimum atomic E-state index is -2.46. The third-order valence-corrected chi connectivity index (χ3v) is 1.56. The van der Waals surface area contributed by atoms with Crippen LogP contribution in [0, 0.1) is 0 Å². The predicted octanol–water partition coefficient (Wildman–Crippen LogP) is -2.46. The monoisotopic (exact) mass is 180 g/mol. The van der Waals surface area contributed by atoms with Crippen molar-refractivity contribution in [3.8, 4) is 0 Å². The van der Waals surface area contributed by atoms with Crippen LogP contribution in [0.1, 0.15) is 6.92 Å². The molecule has 0 aromatic carbocycles. The van der Waals surface area contributed by atoms with Gasteiger partial charge >= 0.3 is 5.97 Å². The van der Waals surface area contributed by atoms with E-state index in [-0.39, 0.29) is 0 Å². The Hall–Kier alpha value is -0.690. The van der Waals surface area contributed by atoms with Gasteiger partial charge in [-0.25, -0.2) is 4.79 Å². The smallest absolute Gasteiger partial charge is 0.338 e. The maximum atomic E-state index is 10.3. The van der Waals surface area contributed by atoms with Crippen molar-refractivity contribution in [3.05, 3.63) is 0 Å². The average molecular weight is 180 g/mol. The molecule has 0 aliphatic carbocycles. The zero-order chi connectivity index (χ0) is 9.94. The summed E-state index contributed by atoms with van der Waals surface area (Å²) in [4.78, 5) is 10.3. The van der Waals surface area contributed by atoms with Crippen LogP contribution >= 0.6 is 0 Å². The molecule has 0 aliphatic rings. The molecule has 3 unspecified atom stereocenters. The fourth-order valence-electron chi connectivity index (χ4n) is 0.601. The lowest BCUT2D eigenvalue weighted by molar-refractivity contribution is -0.179. The molecule has 12 heavy (non-hydrogen) atoms. The Balaban J connectivity index is 4.44. The SMILES string of the molecule is CC(O)(C(=O)O)C(O)C(O)CO. The highest BCUT2D eigenvalue weighted by atomic mass is 16.4. The summed E-state index contributed by atoms with van der Waals surface area (Å²) >= 11 is 0. The molecule has 0 heterocycles. The summed E-state index contributed by atoms with van der Waals surface area (Å²) in [6, 6.07) is 0. The van der Waals surface area contributed by atoms with E-state index < -0.39 is 30.4 Å². The molecule has 0 radical (unpaired) electrons. The number of carboxylic acids is 1. The van der Waals surface area contributed by atoms with Gasteiger partial charge in [0.25, 0.3) is 0 Å². The summed E-state index contributed by atoms with van der Waals surface area (Å²) in [7, 11) is 0. The Labute approximate surface area is 68.7 Å². The first-order valence-electron chi connectivity index (χ1n) is 3.26. The molecular formula is C6H12O6. The van der Waals surface area contributed by atoms with Crippen LogP contribution in [0.2, 0.25) is 0 Å². The van der Waals surface area contributed by atoms with Gasteiger partial charge in [-0.1, -0.05) is 0 Å². The van der Waals surface area contributed by atoms with Gasteiger partial charge in [0.05, 0.1) is 6.61 Å². The Kier molecular flexibility index (Phi) is 3.59. The van der Waals surface area contributed by atoms with Crippen LogP contribution in [0.15, 0.2) is 0 Å². The molecule has 0 amide bonds. The van der Waals surface area contributed by atoms with Gasteiger partial charge in [0.1, 0.15) is 12.2 Å². The van der Waals surface area contributed by atoms with Crippen LogP contribution in [0.5, 0.6) is 0 Å². The highest BCUT2D eigenvalue weighted by molar-refractivity contribution is 5.77. The van der Waals surface area contributed by atoms with Crippen LogP contribution in [-0.2, 0) is 4.79 Å². The van der Waals surface area contributed by atoms with E-state index in [9.17, 15) is 4.79 Å². The number of hydrogen-bond donors (Lipinski definition) is 5. The fourth-order valence-corrected chi connectivity index (χ4v) is 0.601. The summed E-state index contributed by atoms with van der Waals surface area (Å²) in [5.41, 5.74) is -2.46. The Bertz CT molecular complexity index is 165. The quantitative estimate of drug-likeness (QED) is 0.327. The van der Waals surface area contributed by atoms with Gasteiger partial charge < -0.3 is 25.5 Å². The van der Waals surface area contributed by atoms with E-state index in [1.807, 2.05) is 0 Å². The minimum Gasteiger partial charge on any atom is -0.479 e. The van der Waals surface area contributed by atoms with Gasteiger partial charge in [0.15, 0.2) is 5.60 Å². The molecular weight excluding hydrogens is 168 g/mol. The molecule has 0 aromatic heterocycles. The van der Waals surface area contributed by atoms with Crippen molar-refractivity contribution in [2.24, 2.45) is 0 Å². The maximum absolute atomic E-state index is 10.3. The second-order valence-electron chi connectivity index (χ2n) is 2.65. The zero-order valence-electron chi connectivity index (χ0n) is 6.51. The fraction of sp³-hybridized carbons (Fsp3) is 0.833. The van der Waals surface area contributed by atoms with Gasteiger partial charge in [0, 0.05) is 0 Å². The van der Waals surface area contributed by atoms with Crippen molar-refractivity contribution in [2.75, 3.05) is 6.61 Å². The van der Waals surface area contributed by atoms with Crippen LogP contribution in [0.4, 0.5) is 0 Å². The van der Waals surface area contributed by atoms with Gasteiger partial charge in [-0.3, -0.25) is 0 Å². The predicted molar refractivity (Wildman–Crippen MR) is 37.4 cm³/mol. The molecule has 0 saturated heterocycles. The van der Waals surface area contributed by atoms with E-state index in [0.717, 1.165) is 6.92 Å². The summed E-state index contributed by atoms with van der Waals surface area (Å²) < 4.78 is 0. The second kappa shape index (κ2) is 3.81. The number of aliphatic hydroxyl groups is 4. The van der Waals surface area contributed by atoms with E-state index >= 15 is 0 Å². The van der Waals surface area contributed by atoms with E-state index in [2.05, 4.69) is 0 Å². The average Bonchev–Trinajstić information content (AvgIpc) is 2.01. The third-order valence-electron chi connectivity index (χ3n) is 1.56. The van der Waals surface area contributed by atoms with E-state index in [0.29, 0.717) is 0 Å². The third kappa shape index (κ3) is 2.15. The largest absolute Gasteiger partial charge is 0.479 e. The molecule has 72 valence electrons. The maximum Gasteiger partial charge on any atom is 0.338 e. The van der Waals surface area contributed by atoms with E-state index in [4.69, 9.17) is 25.5 Å². The van der Waals surface area contributed by atoms with Gasteiger partial charge in [-0.2, -0.15) is 0 Å². The number of aliphatic carboxylic acids is 1. The summed E-state index contributed by atoms with van der Waals surface area (Å²) in [6.45, 7) is 0.0173. The Morgan fingerprint density at radius 3 is 2.17 bits per heavy atom. The summed E-state index contributed by atoms with van der Waals surface area (Å²) in [5, 5.41) is 43.5. The normalized spacial score (nSPS) is 21.1. The van der Waals surface area contributed by atoms with Crippen molar-refractivity contribution in [2.45, 2.75) is 24.7 Å². The first-order valence-corrected chi connectivity index (χ1v) is 3.26. The number of rotatable bonds is 4. The standard InChI is InChI=1S/C6H12O6/c1-6(12,5(10)11)4(9)3(8)2-7/h3-4,7-9,12H,2H2,1H3,(H,10,11). The van der Waals surface area contributed by atoms with Crippen LogP contribution in [-0.4, -0.2) is 55.9 Å². The molecule has 0 fully saturated rings. The van der Waals surface area contributed by atoms with Crippen molar-refractivity contribution in [3.63, 3.8) is 0 Å². The second-order valence-corrected chi connectivity index (χ2v) is 2.65. The van der Waals surface area contributed by atoms with Crippen LogP contribution in [0.3, 0.4) is 0 Å². The number of aliphatic hydroxyl groups excluding tert-OH is 3. The Morgan fingerprint density at radius 2 is 1.92 bits per heavy atom. The zero-order valence-corrected chi connectivity index (χ0v) is 6.51. The number of hydrogen-bond acceptors (Lipinski definition) is 5. The lowest BCUT2D eigenvalue weighted by Gasteiger charge is -2.27.